The first-order chi connectivity index (χ1) is 29.6. The Hall–Kier alpha value is -3.08. The number of carbonyl (C=O) groups excluding carboxylic acids is 2. The lowest BCUT2D eigenvalue weighted by atomic mass is 10.0. The van der Waals surface area contributed by atoms with E-state index in [1.807, 2.05) is 0 Å². The van der Waals surface area contributed by atoms with Gasteiger partial charge in [0.05, 0.1) is 13.2 Å². The van der Waals surface area contributed by atoms with Gasteiger partial charge in [0.25, 0.3) is 0 Å². The van der Waals surface area contributed by atoms with E-state index in [9.17, 15) is 23.8 Å². The molecule has 11 nitrogen and oxygen atoms in total. The van der Waals surface area contributed by atoms with Gasteiger partial charge in [-0.15, -0.1) is 0 Å². The van der Waals surface area contributed by atoms with Crippen LogP contribution in [-0.4, -0.2) is 59.9 Å². The van der Waals surface area contributed by atoms with Crippen molar-refractivity contribution in [3.63, 3.8) is 0 Å². The lowest BCUT2D eigenvalue weighted by Crippen LogP contribution is -2.34. The van der Waals surface area contributed by atoms with Crippen LogP contribution in [0.1, 0.15) is 187 Å². The number of carboxylic acid groups (broad SMARTS) is 1. The maximum absolute atomic E-state index is 12.7. The maximum atomic E-state index is 12.7. The standard InChI is InChI=1S/C49H84NO10P/c1-3-5-7-9-11-13-15-17-19-20-21-22-23-24-25-26-27-29-31-33-35-37-39-41-48(52)60-45(43-58-61(55,56)59-44-46(50)49(53)54)42-57-47(51)40-38-36-34-32-30-28-18-16-14-12-10-8-6-4-2/h5,7,10-13,16-19,21-22,45-46H,3-4,6,8-9,14-15,20,23-44,50H2,1-2H3,(H,53,54)(H,55,56)/b7-5-,12-10-,13-11-,18-16-,19-17-,22-21-. The van der Waals surface area contributed by atoms with Gasteiger partial charge in [-0.1, -0.05) is 170 Å². The van der Waals surface area contributed by atoms with Crippen LogP contribution in [0.25, 0.3) is 0 Å². The zero-order valence-corrected chi connectivity index (χ0v) is 38.9. The number of rotatable bonds is 43. The molecule has 3 atom stereocenters. The number of ether oxygens (including phenoxy) is 2. The fraction of sp³-hybridized carbons (Fsp3) is 0.694. The minimum atomic E-state index is -4.73. The number of allylic oxidation sites excluding steroid dienone is 12. The van der Waals surface area contributed by atoms with E-state index < -0.39 is 51.1 Å². The molecule has 0 heterocycles. The van der Waals surface area contributed by atoms with Gasteiger partial charge in [-0.05, 0) is 77.0 Å². The van der Waals surface area contributed by atoms with E-state index >= 15 is 0 Å². The summed E-state index contributed by atoms with van der Waals surface area (Å²) >= 11 is 0. The van der Waals surface area contributed by atoms with Crippen LogP contribution in [0.3, 0.4) is 0 Å². The van der Waals surface area contributed by atoms with Gasteiger partial charge in [0, 0.05) is 12.8 Å². The van der Waals surface area contributed by atoms with Crippen LogP contribution in [0.5, 0.6) is 0 Å². The third kappa shape index (κ3) is 43.4. The van der Waals surface area contributed by atoms with Crippen LogP contribution in [0.15, 0.2) is 72.9 Å². The summed E-state index contributed by atoms with van der Waals surface area (Å²) in [4.78, 5) is 46.1. The number of phosphoric acid groups is 1. The molecule has 0 bridgehead atoms. The minimum Gasteiger partial charge on any atom is -0.480 e. The zero-order chi connectivity index (χ0) is 44.9. The molecule has 0 saturated carbocycles. The summed E-state index contributed by atoms with van der Waals surface area (Å²) in [6.07, 6.45) is 52.5. The summed E-state index contributed by atoms with van der Waals surface area (Å²) in [6, 6.07) is -1.53. The van der Waals surface area contributed by atoms with Crippen molar-refractivity contribution < 1.29 is 47.5 Å². The average Bonchev–Trinajstić information content (AvgIpc) is 3.24. The van der Waals surface area contributed by atoms with Gasteiger partial charge in [0.2, 0.25) is 0 Å². The molecule has 350 valence electrons. The van der Waals surface area contributed by atoms with Gasteiger partial charge in [-0.25, -0.2) is 4.57 Å². The van der Waals surface area contributed by atoms with Crippen molar-refractivity contribution in [3.8, 4) is 0 Å². The number of unbranched alkanes of at least 4 members (excludes halogenated alkanes) is 17. The Balaban J connectivity index is 4.30. The van der Waals surface area contributed by atoms with Crippen molar-refractivity contribution in [2.45, 2.75) is 199 Å². The number of esters is 2. The molecular formula is C49H84NO10P. The van der Waals surface area contributed by atoms with Crippen LogP contribution >= 0.6 is 7.82 Å². The number of hydrogen-bond donors (Lipinski definition) is 3. The van der Waals surface area contributed by atoms with E-state index in [2.05, 4.69) is 91.3 Å². The van der Waals surface area contributed by atoms with Gasteiger partial charge in [0.15, 0.2) is 6.10 Å². The number of nitrogens with two attached hydrogens (primary N) is 1. The van der Waals surface area contributed by atoms with Crippen LogP contribution < -0.4 is 5.73 Å². The number of carbonyl (C=O) groups is 3. The minimum absolute atomic E-state index is 0.149. The van der Waals surface area contributed by atoms with Crippen molar-refractivity contribution in [2.75, 3.05) is 19.8 Å². The molecule has 12 heteroatoms. The SMILES string of the molecule is CC/C=C\C/C=C\C/C=C\C/C=C\CCCCCCCCCCCCC(=O)OC(COC(=O)CCCCCCC/C=C\C/C=C\CCCC)COP(=O)(O)OCC(N)C(=O)O. The quantitative estimate of drug-likeness (QED) is 0.0230. The Morgan fingerprint density at radius 3 is 1.38 bits per heavy atom. The molecule has 4 N–H and O–H groups in total. The van der Waals surface area contributed by atoms with Crippen LogP contribution in [0.4, 0.5) is 0 Å². The summed E-state index contributed by atoms with van der Waals surface area (Å²) in [5, 5.41) is 8.90. The fourth-order valence-electron chi connectivity index (χ4n) is 6.01. The second-order valence-corrected chi connectivity index (χ2v) is 17.0. The predicted molar refractivity (Wildman–Crippen MR) is 249 cm³/mol. The van der Waals surface area contributed by atoms with E-state index in [0.717, 1.165) is 96.3 Å². The zero-order valence-electron chi connectivity index (χ0n) is 38.0. The molecule has 0 amide bonds. The van der Waals surface area contributed by atoms with Crippen molar-refractivity contribution >= 4 is 25.7 Å². The van der Waals surface area contributed by atoms with E-state index in [0.29, 0.717) is 12.8 Å². The lowest BCUT2D eigenvalue weighted by molar-refractivity contribution is -0.161. The Kier molecular flexibility index (Phi) is 41.4. The number of aliphatic carboxylic acids is 1. The van der Waals surface area contributed by atoms with Gasteiger partial charge in [-0.3, -0.25) is 23.4 Å². The Morgan fingerprint density at radius 2 is 0.918 bits per heavy atom. The Morgan fingerprint density at radius 1 is 0.525 bits per heavy atom. The highest BCUT2D eigenvalue weighted by molar-refractivity contribution is 7.47. The van der Waals surface area contributed by atoms with Gasteiger partial charge < -0.3 is 25.2 Å². The second-order valence-electron chi connectivity index (χ2n) is 15.5. The average molecular weight is 878 g/mol. The molecule has 0 aromatic heterocycles. The molecule has 0 aliphatic rings. The van der Waals surface area contributed by atoms with Crippen molar-refractivity contribution in [2.24, 2.45) is 5.73 Å². The van der Waals surface area contributed by atoms with Gasteiger partial charge >= 0.3 is 25.7 Å². The molecule has 3 unspecified atom stereocenters. The molecule has 61 heavy (non-hydrogen) atoms. The highest BCUT2D eigenvalue weighted by Crippen LogP contribution is 2.43. The lowest BCUT2D eigenvalue weighted by Gasteiger charge is -2.20. The third-order valence-electron chi connectivity index (χ3n) is 9.69. The molecule has 0 spiro atoms. The van der Waals surface area contributed by atoms with E-state index in [1.165, 1.54) is 51.4 Å². The van der Waals surface area contributed by atoms with E-state index in [-0.39, 0.29) is 19.4 Å². The first-order valence-electron chi connectivity index (χ1n) is 23.5. The van der Waals surface area contributed by atoms with Crippen molar-refractivity contribution in [1.82, 2.24) is 0 Å². The Bertz CT molecular complexity index is 1310. The molecule has 0 aliphatic heterocycles. The molecule has 0 aliphatic carbocycles. The van der Waals surface area contributed by atoms with Crippen molar-refractivity contribution in [3.05, 3.63) is 72.9 Å². The second kappa shape index (κ2) is 43.6. The number of hydrogen-bond acceptors (Lipinski definition) is 9. The van der Waals surface area contributed by atoms with Crippen LogP contribution in [0.2, 0.25) is 0 Å². The first-order valence-corrected chi connectivity index (χ1v) is 25.0. The molecule has 0 radical (unpaired) electrons. The molecule has 0 aromatic carbocycles. The molecule has 0 saturated heterocycles. The summed E-state index contributed by atoms with van der Waals surface area (Å²) in [5.41, 5.74) is 5.34. The molecule has 0 fully saturated rings. The largest absolute Gasteiger partial charge is 0.480 e. The third-order valence-corrected chi connectivity index (χ3v) is 10.6. The van der Waals surface area contributed by atoms with Crippen molar-refractivity contribution in [1.29, 1.82) is 0 Å². The monoisotopic (exact) mass is 878 g/mol. The van der Waals surface area contributed by atoms with E-state index in [4.69, 9.17) is 24.8 Å². The predicted octanol–water partition coefficient (Wildman–Crippen LogP) is 12.9. The first kappa shape index (κ1) is 57.9. The maximum Gasteiger partial charge on any atom is 0.472 e. The highest BCUT2D eigenvalue weighted by Gasteiger charge is 2.28. The summed E-state index contributed by atoms with van der Waals surface area (Å²) in [5.74, 6) is -2.41. The number of phosphoric ester groups is 1. The topological polar surface area (TPSA) is 172 Å². The summed E-state index contributed by atoms with van der Waals surface area (Å²) in [6.45, 7) is 2.63. The normalized spacial score (nSPS) is 14.3. The Labute approximate surface area is 370 Å². The van der Waals surface area contributed by atoms with Gasteiger partial charge in [0.1, 0.15) is 12.6 Å². The van der Waals surface area contributed by atoms with Gasteiger partial charge in [-0.2, -0.15) is 0 Å². The van der Waals surface area contributed by atoms with Crippen LogP contribution in [-0.2, 0) is 37.5 Å². The van der Waals surface area contributed by atoms with E-state index in [1.54, 1.807) is 0 Å². The summed E-state index contributed by atoms with van der Waals surface area (Å²) < 4.78 is 32.7. The number of carboxylic acids is 1. The summed E-state index contributed by atoms with van der Waals surface area (Å²) in [7, 11) is -4.73. The molecule has 0 rings (SSSR count). The smallest absolute Gasteiger partial charge is 0.472 e. The molecule has 0 aromatic rings. The van der Waals surface area contributed by atoms with Crippen LogP contribution in [0, 0.1) is 0 Å². The molecular weight excluding hydrogens is 794 g/mol. The highest BCUT2D eigenvalue weighted by atomic mass is 31.2. The fourth-order valence-corrected chi connectivity index (χ4v) is 6.79.